The number of hydrogen-bond acceptors (Lipinski definition) is 9. The Labute approximate surface area is 147 Å². The number of ether oxygens (including phenoxy) is 5. The third kappa shape index (κ3) is 4.42. The van der Waals surface area contributed by atoms with Crippen molar-refractivity contribution >= 4 is 13.6 Å². The molecule has 0 aliphatic carbocycles. The van der Waals surface area contributed by atoms with Gasteiger partial charge in [-0.2, -0.15) is 0 Å². The summed E-state index contributed by atoms with van der Waals surface area (Å²) in [6, 6.07) is 0. The molecule has 0 radical (unpaired) electrons. The predicted molar refractivity (Wildman–Crippen MR) is 85.9 cm³/mol. The van der Waals surface area contributed by atoms with Crippen molar-refractivity contribution in [2.75, 3.05) is 20.3 Å². The molecule has 0 aromatic heterocycles. The average molecular weight is 382 g/mol. The Morgan fingerprint density at radius 3 is 2.28 bits per heavy atom. The van der Waals surface area contributed by atoms with Crippen LogP contribution in [0.4, 0.5) is 0 Å². The molecule has 2 aliphatic rings. The van der Waals surface area contributed by atoms with Gasteiger partial charge in [-0.1, -0.05) is 0 Å². The Hall–Kier alpha value is -0.540. The number of fused-ring (bicyclic) bond motifs is 1. The molecule has 0 aromatic carbocycles. The first-order chi connectivity index (χ1) is 11.7. The molecule has 0 bridgehead atoms. The smallest absolute Gasteiger partial charge is 0.373 e. The van der Waals surface area contributed by atoms with Crippen LogP contribution in [0.1, 0.15) is 34.6 Å². The van der Waals surface area contributed by atoms with Crippen LogP contribution in [0.25, 0.3) is 0 Å². The van der Waals surface area contributed by atoms with Gasteiger partial charge in [0.1, 0.15) is 18.3 Å². The van der Waals surface area contributed by atoms with Crippen molar-refractivity contribution in [3.8, 4) is 0 Å². The van der Waals surface area contributed by atoms with Gasteiger partial charge in [0.25, 0.3) is 0 Å². The fourth-order valence-electron chi connectivity index (χ4n) is 3.03. The summed E-state index contributed by atoms with van der Waals surface area (Å²) >= 11 is 0. The van der Waals surface area contributed by atoms with Gasteiger partial charge in [-0.05, 0) is 27.7 Å². The fourth-order valence-corrected chi connectivity index (χ4v) is 4.99. The second-order valence-corrected chi connectivity index (χ2v) is 8.25. The van der Waals surface area contributed by atoms with Crippen molar-refractivity contribution in [2.24, 2.45) is 0 Å². The van der Waals surface area contributed by atoms with E-state index in [2.05, 4.69) is 0 Å². The van der Waals surface area contributed by atoms with Gasteiger partial charge in [0.15, 0.2) is 12.1 Å². The molecular formula is C15H27O9P. The van der Waals surface area contributed by atoms with Gasteiger partial charge in [0.2, 0.25) is 5.85 Å². The zero-order chi connectivity index (χ0) is 18.8. The van der Waals surface area contributed by atoms with Crippen LogP contribution in [0.15, 0.2) is 0 Å². The molecule has 2 rings (SSSR count). The Bertz CT molecular complexity index is 513. The summed E-state index contributed by atoms with van der Waals surface area (Å²) < 4.78 is 52.0. The maximum absolute atomic E-state index is 13.2. The van der Waals surface area contributed by atoms with Crippen molar-refractivity contribution in [2.45, 2.75) is 70.9 Å². The van der Waals surface area contributed by atoms with E-state index in [1.165, 1.54) is 14.0 Å². The lowest BCUT2D eigenvalue weighted by Gasteiger charge is -2.33. The Kier molecular flexibility index (Phi) is 6.65. The van der Waals surface area contributed by atoms with E-state index >= 15 is 0 Å². The second-order valence-electron chi connectivity index (χ2n) is 6.14. The van der Waals surface area contributed by atoms with Crippen LogP contribution in [-0.4, -0.2) is 62.5 Å². The summed E-state index contributed by atoms with van der Waals surface area (Å²) in [5.41, 5.74) is 0. The molecule has 2 heterocycles. The molecule has 146 valence electrons. The van der Waals surface area contributed by atoms with Crippen molar-refractivity contribution < 1.29 is 42.1 Å². The van der Waals surface area contributed by atoms with E-state index in [0.29, 0.717) is 0 Å². The zero-order valence-corrected chi connectivity index (χ0v) is 16.3. The van der Waals surface area contributed by atoms with E-state index in [1.54, 1.807) is 27.7 Å². The van der Waals surface area contributed by atoms with Crippen LogP contribution in [0.3, 0.4) is 0 Å². The van der Waals surface area contributed by atoms with Crippen LogP contribution in [0, 0.1) is 0 Å². The molecule has 0 aromatic rings. The summed E-state index contributed by atoms with van der Waals surface area (Å²) in [7, 11) is -2.35. The standard InChI is InChI=1S/C15H27O9P/c1-7-19-25(17,20-8-2)14(21-9(3)16)12-10(18-6)11-13(22-12)24-15(4,5)23-11/h10-14H,7-8H2,1-6H3/t10-,11-,12+,13-,14?/m1/s1. The molecule has 1 unspecified atom stereocenters. The number of rotatable bonds is 8. The molecule has 25 heavy (non-hydrogen) atoms. The van der Waals surface area contributed by atoms with Gasteiger partial charge < -0.3 is 32.7 Å². The van der Waals surface area contributed by atoms with Gasteiger partial charge in [-0.15, -0.1) is 0 Å². The molecule has 2 saturated heterocycles. The van der Waals surface area contributed by atoms with Gasteiger partial charge >= 0.3 is 13.6 Å². The first-order valence-electron chi connectivity index (χ1n) is 8.27. The van der Waals surface area contributed by atoms with E-state index in [9.17, 15) is 9.36 Å². The van der Waals surface area contributed by atoms with Crippen LogP contribution in [0.5, 0.6) is 0 Å². The van der Waals surface area contributed by atoms with Crippen molar-refractivity contribution in [1.29, 1.82) is 0 Å². The maximum atomic E-state index is 13.2. The maximum Gasteiger partial charge on any atom is 0.373 e. The molecule has 5 atom stereocenters. The number of carbonyl (C=O) groups excluding carboxylic acids is 1. The van der Waals surface area contributed by atoms with E-state index in [1.807, 2.05) is 0 Å². The summed E-state index contributed by atoms with van der Waals surface area (Å²) in [5, 5.41) is 0. The lowest BCUT2D eigenvalue weighted by Crippen LogP contribution is -2.44. The van der Waals surface area contributed by atoms with Crippen molar-refractivity contribution in [3.05, 3.63) is 0 Å². The molecule has 10 heteroatoms. The predicted octanol–water partition coefficient (Wildman–Crippen LogP) is 2.03. The summed E-state index contributed by atoms with van der Waals surface area (Å²) in [5.74, 6) is -2.77. The minimum absolute atomic E-state index is 0.117. The molecular weight excluding hydrogens is 355 g/mol. The third-order valence-electron chi connectivity index (χ3n) is 3.80. The largest absolute Gasteiger partial charge is 0.447 e. The highest BCUT2D eigenvalue weighted by Crippen LogP contribution is 2.57. The van der Waals surface area contributed by atoms with Crippen molar-refractivity contribution in [1.82, 2.24) is 0 Å². The van der Waals surface area contributed by atoms with Crippen LogP contribution in [-0.2, 0) is 42.1 Å². The average Bonchev–Trinajstić information content (AvgIpc) is 2.96. The highest BCUT2D eigenvalue weighted by Gasteiger charge is 2.61. The Balaban J connectivity index is 2.31. The molecule has 9 nitrogen and oxygen atoms in total. The summed E-state index contributed by atoms with van der Waals surface area (Å²) in [4.78, 5) is 11.6. The second kappa shape index (κ2) is 8.00. The summed E-state index contributed by atoms with van der Waals surface area (Å²) in [6.07, 6.45) is -2.89. The molecule has 2 fully saturated rings. The lowest BCUT2D eigenvalue weighted by atomic mass is 10.1. The first-order valence-corrected chi connectivity index (χ1v) is 9.88. The number of esters is 1. The Morgan fingerprint density at radius 1 is 1.20 bits per heavy atom. The number of hydrogen-bond donors (Lipinski definition) is 0. The van der Waals surface area contributed by atoms with Gasteiger partial charge in [-0.25, -0.2) is 0 Å². The van der Waals surface area contributed by atoms with Gasteiger partial charge in [-0.3, -0.25) is 9.36 Å². The minimum atomic E-state index is -3.81. The van der Waals surface area contributed by atoms with E-state index in [0.717, 1.165) is 0 Å². The molecule has 0 spiro atoms. The van der Waals surface area contributed by atoms with E-state index in [-0.39, 0.29) is 13.2 Å². The van der Waals surface area contributed by atoms with Crippen molar-refractivity contribution in [3.63, 3.8) is 0 Å². The van der Waals surface area contributed by atoms with Gasteiger partial charge in [0, 0.05) is 14.0 Å². The Morgan fingerprint density at radius 2 is 1.80 bits per heavy atom. The lowest BCUT2D eigenvalue weighted by molar-refractivity contribution is -0.226. The number of methoxy groups -OCH3 is 1. The zero-order valence-electron chi connectivity index (χ0n) is 15.4. The first kappa shape index (κ1) is 20.8. The van der Waals surface area contributed by atoms with Crippen LogP contribution in [0.2, 0.25) is 0 Å². The van der Waals surface area contributed by atoms with Gasteiger partial charge in [0.05, 0.1) is 13.2 Å². The third-order valence-corrected chi connectivity index (χ3v) is 6.06. The monoisotopic (exact) mass is 382 g/mol. The minimum Gasteiger partial charge on any atom is -0.447 e. The fraction of sp³-hybridized carbons (Fsp3) is 0.933. The molecule has 0 N–H and O–H groups in total. The SMILES string of the molecule is CCOP(=O)(OCC)C(OC(C)=O)[C@H]1O[C@@H]2OC(C)(C)O[C@@H]2[C@H]1OC. The van der Waals surface area contributed by atoms with Crippen LogP contribution >= 0.6 is 7.60 Å². The summed E-state index contributed by atoms with van der Waals surface area (Å²) in [6.45, 7) is 8.30. The van der Waals surface area contributed by atoms with Crippen LogP contribution < -0.4 is 0 Å². The normalized spacial score (nSPS) is 32.4. The topological polar surface area (TPSA) is 98.8 Å². The molecule has 2 aliphatic heterocycles. The molecule has 0 amide bonds. The highest BCUT2D eigenvalue weighted by molar-refractivity contribution is 7.54. The quantitative estimate of drug-likeness (QED) is 0.461. The number of carbonyl (C=O) groups is 1. The molecule has 0 saturated carbocycles. The van der Waals surface area contributed by atoms with E-state index in [4.69, 9.17) is 32.7 Å². The van der Waals surface area contributed by atoms with E-state index < -0.39 is 49.8 Å². The highest BCUT2D eigenvalue weighted by atomic mass is 31.2.